The number of halogens is 2. The smallest absolute Gasteiger partial charge is 0.242 e. The summed E-state index contributed by atoms with van der Waals surface area (Å²) in [6.45, 7) is 0.413. The van der Waals surface area contributed by atoms with Gasteiger partial charge < -0.3 is 5.32 Å². The SMILES string of the molecule is O=C(CC1SC(=S)N(Cc2ccccc2)C1=O)Nc1ccc(Cl)c(Cl)c1. The van der Waals surface area contributed by atoms with E-state index >= 15 is 0 Å². The van der Waals surface area contributed by atoms with Crippen molar-refractivity contribution in [2.45, 2.75) is 18.2 Å². The highest BCUT2D eigenvalue weighted by Gasteiger charge is 2.38. The first-order chi connectivity index (χ1) is 12.4. The number of anilines is 1. The molecule has 1 aliphatic heterocycles. The van der Waals surface area contributed by atoms with E-state index in [4.69, 9.17) is 35.4 Å². The standard InChI is InChI=1S/C18H14Cl2N2O2S2/c19-13-7-6-12(8-14(13)20)21-16(23)9-15-17(24)22(18(25)26-15)10-11-4-2-1-3-5-11/h1-8,15H,9-10H2,(H,21,23). The summed E-state index contributed by atoms with van der Waals surface area (Å²) >= 11 is 18.4. The van der Waals surface area contributed by atoms with Crippen molar-refractivity contribution in [1.82, 2.24) is 4.90 Å². The minimum absolute atomic E-state index is 0.0369. The van der Waals surface area contributed by atoms with Crippen LogP contribution in [0.25, 0.3) is 0 Å². The third kappa shape index (κ3) is 4.57. The number of rotatable bonds is 5. The van der Waals surface area contributed by atoms with E-state index in [1.807, 2.05) is 30.3 Å². The Labute approximate surface area is 170 Å². The zero-order valence-corrected chi connectivity index (χ0v) is 16.6. The molecular weight excluding hydrogens is 411 g/mol. The van der Waals surface area contributed by atoms with Gasteiger partial charge >= 0.3 is 0 Å². The van der Waals surface area contributed by atoms with Gasteiger partial charge in [-0.05, 0) is 23.8 Å². The van der Waals surface area contributed by atoms with E-state index in [-0.39, 0.29) is 18.2 Å². The molecule has 0 aliphatic carbocycles. The summed E-state index contributed by atoms with van der Waals surface area (Å²) in [5.74, 6) is -0.424. The van der Waals surface area contributed by atoms with Crippen LogP contribution in [-0.2, 0) is 16.1 Å². The Morgan fingerprint density at radius 1 is 1.15 bits per heavy atom. The third-order valence-electron chi connectivity index (χ3n) is 3.76. The second kappa shape index (κ2) is 8.39. The van der Waals surface area contributed by atoms with Gasteiger partial charge in [-0.2, -0.15) is 0 Å². The summed E-state index contributed by atoms with van der Waals surface area (Å²) in [5.41, 5.74) is 1.52. The number of thiocarbonyl (C=S) groups is 1. The van der Waals surface area contributed by atoms with Crippen LogP contribution in [0.5, 0.6) is 0 Å². The van der Waals surface area contributed by atoms with E-state index in [0.29, 0.717) is 26.6 Å². The highest BCUT2D eigenvalue weighted by Crippen LogP contribution is 2.31. The molecule has 1 fully saturated rings. The van der Waals surface area contributed by atoms with Crippen molar-refractivity contribution in [3.63, 3.8) is 0 Å². The summed E-state index contributed by atoms with van der Waals surface area (Å²) < 4.78 is 0.492. The highest BCUT2D eigenvalue weighted by atomic mass is 35.5. The van der Waals surface area contributed by atoms with Crippen molar-refractivity contribution in [3.05, 3.63) is 64.1 Å². The van der Waals surface area contributed by atoms with Gasteiger partial charge in [0.1, 0.15) is 4.32 Å². The Morgan fingerprint density at radius 3 is 2.58 bits per heavy atom. The fourth-order valence-corrected chi connectivity index (χ4v) is 4.28. The van der Waals surface area contributed by atoms with Crippen LogP contribution in [0.15, 0.2) is 48.5 Å². The predicted octanol–water partition coefficient (Wildman–Crippen LogP) is 4.75. The van der Waals surface area contributed by atoms with E-state index in [1.165, 1.54) is 11.8 Å². The average Bonchev–Trinajstić information content (AvgIpc) is 2.86. The van der Waals surface area contributed by atoms with Gasteiger partial charge in [-0.25, -0.2) is 0 Å². The molecule has 26 heavy (non-hydrogen) atoms. The third-order valence-corrected chi connectivity index (χ3v) is 6.09. The van der Waals surface area contributed by atoms with Gasteiger partial charge in [0.2, 0.25) is 11.8 Å². The van der Waals surface area contributed by atoms with Crippen LogP contribution in [0.1, 0.15) is 12.0 Å². The number of benzene rings is 2. The maximum atomic E-state index is 12.6. The fraction of sp³-hybridized carbons (Fsp3) is 0.167. The van der Waals surface area contributed by atoms with Crippen LogP contribution in [0, 0.1) is 0 Å². The lowest BCUT2D eigenvalue weighted by Gasteiger charge is -2.15. The first-order valence-electron chi connectivity index (χ1n) is 7.75. The summed E-state index contributed by atoms with van der Waals surface area (Å²) in [6.07, 6.45) is 0.0369. The molecule has 0 spiro atoms. The van der Waals surface area contributed by atoms with Crippen LogP contribution in [0.4, 0.5) is 5.69 Å². The molecule has 1 saturated heterocycles. The molecule has 1 N–H and O–H groups in total. The zero-order chi connectivity index (χ0) is 18.7. The van der Waals surface area contributed by atoms with Crippen LogP contribution in [0.2, 0.25) is 10.0 Å². The first-order valence-corrected chi connectivity index (χ1v) is 9.79. The molecule has 2 aromatic rings. The van der Waals surface area contributed by atoms with Gasteiger partial charge in [0.05, 0.1) is 21.8 Å². The van der Waals surface area contributed by atoms with Crippen molar-refractivity contribution in [2.24, 2.45) is 0 Å². The molecule has 0 bridgehead atoms. The Hall–Kier alpha value is -1.60. The van der Waals surface area contributed by atoms with Gasteiger partial charge in [-0.3, -0.25) is 14.5 Å². The molecule has 3 rings (SSSR count). The number of hydrogen-bond donors (Lipinski definition) is 1. The molecule has 2 amide bonds. The van der Waals surface area contributed by atoms with Crippen molar-refractivity contribution in [3.8, 4) is 0 Å². The van der Waals surface area contributed by atoms with Gasteiger partial charge in [0.15, 0.2) is 0 Å². The molecule has 1 unspecified atom stereocenters. The molecule has 0 aromatic heterocycles. The van der Waals surface area contributed by atoms with Crippen molar-refractivity contribution in [2.75, 3.05) is 5.32 Å². The Morgan fingerprint density at radius 2 is 1.88 bits per heavy atom. The number of nitrogens with one attached hydrogen (secondary N) is 1. The summed E-state index contributed by atoms with van der Waals surface area (Å²) in [4.78, 5) is 26.4. The molecule has 1 heterocycles. The van der Waals surface area contributed by atoms with Gasteiger partial charge in [0, 0.05) is 12.1 Å². The quantitative estimate of drug-likeness (QED) is 0.703. The lowest BCUT2D eigenvalue weighted by atomic mass is 10.2. The molecular formula is C18H14Cl2N2O2S2. The Kier molecular flexibility index (Phi) is 6.19. The molecule has 8 heteroatoms. The van der Waals surface area contributed by atoms with Crippen molar-refractivity contribution < 1.29 is 9.59 Å². The van der Waals surface area contributed by atoms with Crippen LogP contribution in [-0.4, -0.2) is 26.3 Å². The van der Waals surface area contributed by atoms with E-state index in [0.717, 1.165) is 5.56 Å². The number of hydrogen-bond acceptors (Lipinski definition) is 4. The van der Waals surface area contributed by atoms with E-state index in [1.54, 1.807) is 23.1 Å². The highest BCUT2D eigenvalue weighted by molar-refractivity contribution is 8.24. The van der Waals surface area contributed by atoms with E-state index in [2.05, 4.69) is 5.32 Å². The second-order valence-electron chi connectivity index (χ2n) is 5.66. The first kappa shape index (κ1) is 19.2. The molecule has 0 radical (unpaired) electrons. The van der Waals surface area contributed by atoms with Crippen molar-refractivity contribution in [1.29, 1.82) is 0 Å². The largest absolute Gasteiger partial charge is 0.326 e. The number of carbonyl (C=O) groups is 2. The molecule has 1 aliphatic rings. The fourth-order valence-electron chi connectivity index (χ4n) is 2.49. The summed E-state index contributed by atoms with van der Waals surface area (Å²) in [5, 5.41) is 2.97. The van der Waals surface area contributed by atoms with E-state index < -0.39 is 5.25 Å². The topological polar surface area (TPSA) is 49.4 Å². The lowest BCUT2D eigenvalue weighted by Crippen LogP contribution is -2.32. The Bertz CT molecular complexity index is 862. The van der Waals surface area contributed by atoms with Crippen LogP contribution >= 0.6 is 47.2 Å². The minimum atomic E-state index is -0.519. The monoisotopic (exact) mass is 424 g/mol. The van der Waals surface area contributed by atoms with Gasteiger partial charge in [-0.1, -0.05) is 77.5 Å². The molecule has 0 saturated carbocycles. The molecule has 2 aromatic carbocycles. The van der Waals surface area contributed by atoms with Crippen LogP contribution in [0.3, 0.4) is 0 Å². The predicted molar refractivity (Wildman–Crippen MR) is 111 cm³/mol. The lowest BCUT2D eigenvalue weighted by molar-refractivity contribution is -0.128. The molecule has 134 valence electrons. The van der Waals surface area contributed by atoms with E-state index in [9.17, 15) is 9.59 Å². The average molecular weight is 425 g/mol. The second-order valence-corrected chi connectivity index (χ2v) is 8.31. The maximum Gasteiger partial charge on any atom is 0.242 e. The number of carbonyl (C=O) groups excluding carboxylic acids is 2. The maximum absolute atomic E-state index is 12.6. The molecule has 1 atom stereocenters. The van der Waals surface area contributed by atoms with Gasteiger partial charge in [-0.15, -0.1) is 0 Å². The molecule has 4 nitrogen and oxygen atoms in total. The number of thioether (sulfide) groups is 1. The van der Waals surface area contributed by atoms with Crippen LogP contribution < -0.4 is 5.32 Å². The summed E-state index contributed by atoms with van der Waals surface area (Å²) in [7, 11) is 0. The summed E-state index contributed by atoms with van der Waals surface area (Å²) in [6, 6.07) is 14.4. The zero-order valence-electron chi connectivity index (χ0n) is 13.4. The number of nitrogens with zero attached hydrogens (tertiary/aromatic N) is 1. The Balaban J connectivity index is 1.61. The minimum Gasteiger partial charge on any atom is -0.326 e. The van der Waals surface area contributed by atoms with Gasteiger partial charge in [0.25, 0.3) is 0 Å². The van der Waals surface area contributed by atoms with Crippen molar-refractivity contribution >= 4 is 69.0 Å². The number of amides is 2. The normalized spacial score (nSPS) is 16.8.